The summed E-state index contributed by atoms with van der Waals surface area (Å²) in [6.07, 6.45) is 11.4. The predicted octanol–water partition coefficient (Wildman–Crippen LogP) is 9.44. The van der Waals surface area contributed by atoms with E-state index in [1.54, 1.807) is 0 Å². The highest BCUT2D eigenvalue weighted by Crippen LogP contribution is 2.38. The molecule has 0 bridgehead atoms. The van der Waals surface area contributed by atoms with Gasteiger partial charge in [0.05, 0.1) is 16.8 Å². The maximum Gasteiger partial charge on any atom is 0.423 e. The molecule has 2 aliphatic carbocycles. The van der Waals surface area contributed by atoms with E-state index in [1.165, 1.54) is 49.6 Å². The number of benzene rings is 1. The van der Waals surface area contributed by atoms with E-state index < -0.39 is 22.4 Å². The van der Waals surface area contributed by atoms with Gasteiger partial charge in [0.1, 0.15) is 5.56 Å². The average Bonchev–Trinajstić information content (AvgIpc) is 2.94. The zero-order chi connectivity index (χ0) is 30.7. The summed E-state index contributed by atoms with van der Waals surface area (Å²) < 4.78 is 46.4. The van der Waals surface area contributed by atoms with Crippen molar-refractivity contribution in [3.63, 3.8) is 0 Å². The quantitative estimate of drug-likeness (QED) is 0.172. The summed E-state index contributed by atoms with van der Waals surface area (Å²) in [4.78, 5) is 12.6. The van der Waals surface area contributed by atoms with E-state index >= 15 is 0 Å². The summed E-state index contributed by atoms with van der Waals surface area (Å²) in [5, 5.41) is 14.2. The van der Waals surface area contributed by atoms with Crippen LogP contribution in [0.15, 0.2) is 53.3 Å². The minimum Gasteiger partial charge on any atom is -0.495 e. The first-order valence-corrected chi connectivity index (χ1v) is 15.6. The number of ether oxygens (including phenoxy) is 1. The van der Waals surface area contributed by atoms with Gasteiger partial charge in [-0.15, -0.1) is 0 Å². The van der Waals surface area contributed by atoms with Crippen molar-refractivity contribution in [3.05, 3.63) is 69.0 Å². The molecule has 0 aromatic heterocycles. The SMILES string of the molecule is CCCN(CC)CCC(C)CCC1=C(/C)CC/C(O[C@H]2CC[C@H](Nc3ccc([N+](=O)[O-])c(C(F)(F)F)c3)CC2)=C/C=C\1. The van der Waals surface area contributed by atoms with Gasteiger partial charge in [-0.25, -0.2) is 0 Å². The zero-order valence-electron chi connectivity index (χ0n) is 25.6. The molecule has 0 radical (unpaired) electrons. The Morgan fingerprint density at radius 3 is 2.50 bits per heavy atom. The lowest BCUT2D eigenvalue weighted by Crippen LogP contribution is -2.29. The van der Waals surface area contributed by atoms with Crippen LogP contribution in [0.5, 0.6) is 0 Å². The van der Waals surface area contributed by atoms with E-state index in [0.29, 0.717) is 5.92 Å². The van der Waals surface area contributed by atoms with E-state index in [2.05, 4.69) is 56.1 Å². The molecule has 42 heavy (non-hydrogen) atoms. The Morgan fingerprint density at radius 2 is 1.86 bits per heavy atom. The highest BCUT2D eigenvalue weighted by molar-refractivity contribution is 5.55. The summed E-state index contributed by atoms with van der Waals surface area (Å²) in [5.41, 5.74) is 0.941. The van der Waals surface area contributed by atoms with Crippen molar-refractivity contribution in [2.24, 2.45) is 5.92 Å². The van der Waals surface area contributed by atoms with Crippen molar-refractivity contribution in [2.45, 2.75) is 110 Å². The molecule has 0 saturated heterocycles. The largest absolute Gasteiger partial charge is 0.495 e. The topological polar surface area (TPSA) is 67.6 Å². The molecule has 9 heteroatoms. The zero-order valence-corrected chi connectivity index (χ0v) is 25.6. The van der Waals surface area contributed by atoms with Gasteiger partial charge in [-0.1, -0.05) is 38.5 Å². The minimum atomic E-state index is -4.79. The van der Waals surface area contributed by atoms with Gasteiger partial charge >= 0.3 is 6.18 Å². The lowest BCUT2D eigenvalue weighted by atomic mass is 9.92. The number of hydrogen-bond donors (Lipinski definition) is 1. The standard InChI is InChI=1S/C33H48F3N3O3/c1-5-21-38(6-2)22-20-24(3)10-12-26-8-7-9-29(16-11-25(26)4)42-30-17-13-27(14-18-30)37-28-15-19-32(39(40)41)31(23-28)33(34,35)36/h7-9,15,19,23-24,27,30,37H,5-6,10-14,16-18,20-22H2,1-4H3/b8-7-,26-25-,29-9-/t24?,27-,30-. The third kappa shape index (κ3) is 10.5. The molecule has 1 N–H and O–H groups in total. The molecular formula is C33H48F3N3O3. The Morgan fingerprint density at radius 1 is 1.12 bits per heavy atom. The number of nitrogens with zero attached hydrogens (tertiary/aromatic N) is 2. The molecule has 0 heterocycles. The monoisotopic (exact) mass is 591 g/mol. The van der Waals surface area contributed by atoms with Crippen molar-refractivity contribution in [1.82, 2.24) is 4.90 Å². The second-order valence-corrected chi connectivity index (χ2v) is 11.9. The van der Waals surface area contributed by atoms with Gasteiger partial charge in [-0.2, -0.15) is 13.2 Å². The Kier molecular flexibility index (Phi) is 13.0. The lowest BCUT2D eigenvalue weighted by Gasteiger charge is -2.31. The fourth-order valence-corrected chi connectivity index (χ4v) is 5.84. The van der Waals surface area contributed by atoms with Crippen molar-refractivity contribution >= 4 is 11.4 Å². The van der Waals surface area contributed by atoms with Crippen LogP contribution < -0.4 is 5.32 Å². The number of rotatable bonds is 14. The first-order chi connectivity index (χ1) is 20.0. The highest BCUT2D eigenvalue weighted by Gasteiger charge is 2.38. The summed E-state index contributed by atoms with van der Waals surface area (Å²) in [6, 6.07) is 3.10. The molecular weight excluding hydrogens is 543 g/mol. The van der Waals surface area contributed by atoms with E-state index in [0.717, 1.165) is 69.4 Å². The van der Waals surface area contributed by atoms with E-state index in [9.17, 15) is 23.3 Å². The number of halogens is 3. The van der Waals surface area contributed by atoms with Crippen molar-refractivity contribution < 1.29 is 22.8 Å². The number of allylic oxidation sites excluding steroid dienone is 6. The van der Waals surface area contributed by atoms with Crippen LogP contribution in [-0.4, -0.2) is 41.6 Å². The molecule has 1 saturated carbocycles. The number of nitro benzene ring substituents is 1. The number of alkyl halides is 3. The molecule has 2 aliphatic rings. The van der Waals surface area contributed by atoms with Crippen LogP contribution in [0, 0.1) is 16.0 Å². The molecule has 3 rings (SSSR count). The molecule has 1 fully saturated rings. The van der Waals surface area contributed by atoms with Crippen molar-refractivity contribution in [2.75, 3.05) is 25.0 Å². The van der Waals surface area contributed by atoms with E-state index in [1.807, 2.05) is 0 Å². The minimum absolute atomic E-state index is 0.00887. The van der Waals surface area contributed by atoms with E-state index in [-0.39, 0.29) is 17.8 Å². The van der Waals surface area contributed by atoms with Crippen molar-refractivity contribution in [3.8, 4) is 0 Å². The number of anilines is 1. The average molecular weight is 592 g/mol. The Labute approximate surface area is 249 Å². The third-order valence-corrected chi connectivity index (χ3v) is 8.57. The maximum absolute atomic E-state index is 13.3. The van der Waals surface area contributed by atoms with Gasteiger partial charge < -0.3 is 15.0 Å². The molecule has 1 unspecified atom stereocenters. The lowest BCUT2D eigenvalue weighted by molar-refractivity contribution is -0.388. The number of nitro groups is 1. The summed E-state index contributed by atoms with van der Waals surface area (Å²) >= 11 is 0. The van der Waals surface area contributed by atoms with Gasteiger partial charge in [0.15, 0.2) is 0 Å². The number of nitrogens with one attached hydrogen (secondary N) is 1. The van der Waals surface area contributed by atoms with Crippen LogP contribution >= 0.6 is 0 Å². The third-order valence-electron chi connectivity index (χ3n) is 8.57. The predicted molar refractivity (Wildman–Crippen MR) is 163 cm³/mol. The molecule has 1 aromatic carbocycles. The highest BCUT2D eigenvalue weighted by atomic mass is 19.4. The second kappa shape index (κ2) is 16.1. The Bertz CT molecular complexity index is 1120. The molecule has 6 nitrogen and oxygen atoms in total. The maximum atomic E-state index is 13.3. The van der Waals surface area contributed by atoms with Gasteiger partial charge in [0, 0.05) is 24.2 Å². The van der Waals surface area contributed by atoms with Crippen LogP contribution in [0.3, 0.4) is 0 Å². The molecule has 0 amide bonds. The first-order valence-electron chi connectivity index (χ1n) is 15.6. The van der Waals surface area contributed by atoms with Crippen LogP contribution in [0.2, 0.25) is 0 Å². The fourth-order valence-electron chi connectivity index (χ4n) is 5.84. The molecule has 0 aliphatic heterocycles. The van der Waals surface area contributed by atoms with Gasteiger partial charge in [0.2, 0.25) is 0 Å². The van der Waals surface area contributed by atoms with Gasteiger partial charge in [-0.3, -0.25) is 10.1 Å². The van der Waals surface area contributed by atoms with Crippen molar-refractivity contribution in [1.29, 1.82) is 0 Å². The fraction of sp³-hybridized carbons (Fsp3) is 0.636. The molecule has 0 spiro atoms. The van der Waals surface area contributed by atoms with E-state index in [4.69, 9.17) is 4.74 Å². The molecule has 234 valence electrons. The normalized spacial score (nSPS) is 24.3. The first kappa shape index (κ1) is 33.7. The Balaban J connectivity index is 1.46. The number of hydrogen-bond acceptors (Lipinski definition) is 5. The Hall–Kier alpha value is -2.81. The van der Waals surface area contributed by atoms with Gasteiger partial charge in [0.25, 0.3) is 5.69 Å². The molecule has 1 atom stereocenters. The summed E-state index contributed by atoms with van der Waals surface area (Å²) in [7, 11) is 0. The van der Waals surface area contributed by atoms with Crippen LogP contribution in [-0.2, 0) is 10.9 Å². The second-order valence-electron chi connectivity index (χ2n) is 11.9. The van der Waals surface area contributed by atoms with Crippen LogP contribution in [0.1, 0.15) is 97.5 Å². The molecule has 1 aromatic rings. The summed E-state index contributed by atoms with van der Waals surface area (Å²) in [6.45, 7) is 12.6. The van der Waals surface area contributed by atoms with Gasteiger partial charge in [-0.05, 0) is 114 Å². The smallest absolute Gasteiger partial charge is 0.423 e. The van der Waals surface area contributed by atoms with Crippen LogP contribution in [0.4, 0.5) is 24.5 Å². The van der Waals surface area contributed by atoms with Crippen LogP contribution in [0.25, 0.3) is 0 Å². The summed E-state index contributed by atoms with van der Waals surface area (Å²) in [5.74, 6) is 1.68.